The Balaban J connectivity index is 1.54. The number of anilines is 1. The summed E-state index contributed by atoms with van der Waals surface area (Å²) in [4.78, 5) is 16.4. The van der Waals surface area contributed by atoms with Gasteiger partial charge in [-0.2, -0.15) is 4.31 Å². The summed E-state index contributed by atoms with van der Waals surface area (Å²) in [5.74, 6) is 2.05. The second-order valence-corrected chi connectivity index (χ2v) is 10.3. The number of benzene rings is 1. The van der Waals surface area contributed by atoms with Gasteiger partial charge in [0.1, 0.15) is 11.6 Å². The third-order valence-electron chi connectivity index (χ3n) is 6.28. The number of sulfonamides is 1. The van der Waals surface area contributed by atoms with E-state index in [1.54, 1.807) is 36.7 Å². The number of fused-ring (bicyclic) bond motifs is 1. The maximum atomic E-state index is 13.5. The van der Waals surface area contributed by atoms with Crippen LogP contribution >= 0.6 is 0 Å². The van der Waals surface area contributed by atoms with Crippen LogP contribution in [0.3, 0.4) is 0 Å². The highest BCUT2D eigenvalue weighted by Gasteiger charge is 2.33. The number of aromatic nitrogens is 3. The van der Waals surface area contributed by atoms with Crippen LogP contribution in [0, 0.1) is 0 Å². The van der Waals surface area contributed by atoms with Crippen molar-refractivity contribution in [2.24, 2.45) is 0 Å². The Bertz CT molecular complexity index is 1240. The maximum absolute atomic E-state index is 13.5. The first-order valence-electron chi connectivity index (χ1n) is 11.3. The molecule has 4 heterocycles. The van der Waals surface area contributed by atoms with E-state index in [-0.39, 0.29) is 11.4 Å². The zero-order valence-electron chi connectivity index (χ0n) is 18.6. The molecule has 0 unspecified atom stereocenters. The number of ether oxygens (including phenoxy) is 1. The van der Waals surface area contributed by atoms with Gasteiger partial charge < -0.3 is 9.64 Å². The molecule has 33 heavy (non-hydrogen) atoms. The maximum Gasteiger partial charge on any atom is 0.243 e. The number of nitrogens with zero attached hydrogens (tertiary/aromatic N) is 5. The summed E-state index contributed by atoms with van der Waals surface area (Å²) in [6.07, 6.45) is 7.43. The van der Waals surface area contributed by atoms with E-state index < -0.39 is 10.0 Å². The molecule has 0 bridgehead atoms. The van der Waals surface area contributed by atoms with Gasteiger partial charge >= 0.3 is 0 Å². The molecule has 0 radical (unpaired) electrons. The largest absolute Gasteiger partial charge is 0.497 e. The number of methoxy groups -OCH3 is 1. The lowest BCUT2D eigenvalue weighted by atomic mass is 10.0. The van der Waals surface area contributed by atoms with E-state index in [2.05, 4.69) is 9.88 Å². The van der Waals surface area contributed by atoms with Gasteiger partial charge in [-0.25, -0.2) is 18.4 Å². The summed E-state index contributed by atoms with van der Waals surface area (Å²) in [7, 11) is -2.14. The van der Waals surface area contributed by atoms with Crippen molar-refractivity contribution >= 4 is 15.8 Å². The van der Waals surface area contributed by atoms with Gasteiger partial charge in [-0.3, -0.25) is 4.98 Å². The second kappa shape index (κ2) is 9.07. The molecule has 0 saturated carbocycles. The van der Waals surface area contributed by atoms with Gasteiger partial charge in [0.05, 0.1) is 17.7 Å². The highest BCUT2D eigenvalue weighted by molar-refractivity contribution is 7.89. The van der Waals surface area contributed by atoms with Crippen molar-refractivity contribution in [1.29, 1.82) is 0 Å². The molecular weight excluding hydrogens is 438 g/mol. The Morgan fingerprint density at radius 3 is 2.52 bits per heavy atom. The van der Waals surface area contributed by atoms with Crippen LogP contribution in [0.5, 0.6) is 5.75 Å². The van der Waals surface area contributed by atoms with Crippen molar-refractivity contribution in [2.75, 3.05) is 31.6 Å². The van der Waals surface area contributed by atoms with E-state index in [4.69, 9.17) is 14.7 Å². The summed E-state index contributed by atoms with van der Waals surface area (Å²) in [6, 6.07) is 10.4. The molecule has 8 nitrogen and oxygen atoms in total. The summed E-state index contributed by atoms with van der Waals surface area (Å²) in [5.41, 5.74) is 2.75. The Hall–Kier alpha value is -3.04. The first-order valence-corrected chi connectivity index (χ1v) is 12.7. The molecule has 0 spiro atoms. The lowest BCUT2D eigenvalue weighted by molar-refractivity contribution is 0.385. The Labute approximate surface area is 194 Å². The van der Waals surface area contributed by atoms with Crippen LogP contribution in [0.4, 0.5) is 5.82 Å². The average molecular weight is 466 g/mol. The van der Waals surface area contributed by atoms with Crippen molar-refractivity contribution in [2.45, 2.75) is 37.1 Å². The molecule has 1 saturated heterocycles. The van der Waals surface area contributed by atoms with Crippen LogP contribution in [0.1, 0.15) is 30.5 Å². The highest BCUT2D eigenvalue weighted by Crippen LogP contribution is 2.33. The van der Waals surface area contributed by atoms with Gasteiger partial charge in [0.25, 0.3) is 0 Å². The molecule has 2 aromatic heterocycles. The van der Waals surface area contributed by atoms with Crippen molar-refractivity contribution in [1.82, 2.24) is 19.3 Å². The number of piperidine rings is 1. The standard InChI is InChI=1S/C24H27N5O3S/c1-32-19-6-5-7-20(16-19)33(30,31)29-15-10-22-21(17-29)24(28-13-3-2-4-14-28)27-23(26-22)18-8-11-25-12-9-18/h5-9,11-12,16H,2-4,10,13-15,17H2,1H3. The van der Waals surface area contributed by atoms with Gasteiger partial charge in [-0.1, -0.05) is 6.07 Å². The summed E-state index contributed by atoms with van der Waals surface area (Å²) >= 11 is 0. The molecule has 9 heteroatoms. The molecule has 172 valence electrons. The smallest absolute Gasteiger partial charge is 0.243 e. The predicted octanol–water partition coefficient (Wildman–Crippen LogP) is 3.28. The molecule has 2 aliphatic heterocycles. The Kier molecular flexibility index (Phi) is 5.99. The van der Waals surface area contributed by atoms with Crippen LogP contribution < -0.4 is 9.64 Å². The fourth-order valence-corrected chi connectivity index (χ4v) is 5.93. The lowest BCUT2D eigenvalue weighted by Crippen LogP contribution is -2.39. The van der Waals surface area contributed by atoms with Crippen LogP contribution in [0.2, 0.25) is 0 Å². The third kappa shape index (κ3) is 4.30. The van der Waals surface area contributed by atoms with Gasteiger partial charge in [0.2, 0.25) is 10.0 Å². The summed E-state index contributed by atoms with van der Waals surface area (Å²) < 4.78 is 33.7. The number of hydrogen-bond donors (Lipinski definition) is 0. The Morgan fingerprint density at radius 2 is 1.76 bits per heavy atom. The fraction of sp³-hybridized carbons (Fsp3) is 0.375. The molecule has 5 rings (SSSR count). The molecule has 1 fully saturated rings. The molecule has 0 aliphatic carbocycles. The number of pyridine rings is 1. The minimum atomic E-state index is -3.68. The topological polar surface area (TPSA) is 88.5 Å². The third-order valence-corrected chi connectivity index (χ3v) is 8.12. The van der Waals surface area contributed by atoms with E-state index in [0.29, 0.717) is 24.5 Å². The normalized spacial score (nSPS) is 16.9. The molecule has 0 N–H and O–H groups in total. The minimum absolute atomic E-state index is 0.235. The number of rotatable bonds is 5. The quantitative estimate of drug-likeness (QED) is 0.571. The molecule has 0 atom stereocenters. The van der Waals surface area contributed by atoms with Crippen molar-refractivity contribution in [3.63, 3.8) is 0 Å². The van der Waals surface area contributed by atoms with Crippen LogP contribution in [0.15, 0.2) is 53.7 Å². The van der Waals surface area contributed by atoms with Crippen molar-refractivity contribution in [3.8, 4) is 17.1 Å². The predicted molar refractivity (Wildman–Crippen MR) is 126 cm³/mol. The monoisotopic (exact) mass is 465 g/mol. The average Bonchev–Trinajstić information content (AvgIpc) is 2.88. The van der Waals surface area contributed by atoms with E-state index in [1.165, 1.54) is 17.8 Å². The SMILES string of the molecule is COc1cccc(S(=O)(=O)N2CCc3nc(-c4ccncc4)nc(N4CCCCC4)c3C2)c1. The summed E-state index contributed by atoms with van der Waals surface area (Å²) in [6.45, 7) is 2.47. The zero-order valence-corrected chi connectivity index (χ0v) is 19.5. The van der Waals surface area contributed by atoms with Gasteiger partial charge in [-0.15, -0.1) is 0 Å². The van der Waals surface area contributed by atoms with Crippen molar-refractivity contribution < 1.29 is 13.2 Å². The van der Waals surface area contributed by atoms with Crippen molar-refractivity contribution in [3.05, 3.63) is 60.0 Å². The minimum Gasteiger partial charge on any atom is -0.497 e. The highest BCUT2D eigenvalue weighted by atomic mass is 32.2. The molecule has 2 aliphatic rings. The van der Waals surface area contributed by atoms with Crippen LogP contribution in [-0.2, 0) is 23.0 Å². The lowest BCUT2D eigenvalue weighted by Gasteiger charge is -2.34. The van der Waals surface area contributed by atoms with Gasteiger partial charge in [0, 0.05) is 62.2 Å². The summed E-state index contributed by atoms with van der Waals surface area (Å²) in [5, 5.41) is 0. The first-order chi connectivity index (χ1) is 16.1. The van der Waals surface area contributed by atoms with Crippen LogP contribution in [0.25, 0.3) is 11.4 Å². The Morgan fingerprint density at radius 1 is 0.970 bits per heavy atom. The first kappa shape index (κ1) is 21.8. The van der Waals surface area contributed by atoms with E-state index in [1.807, 2.05) is 12.1 Å². The van der Waals surface area contributed by atoms with E-state index in [9.17, 15) is 8.42 Å². The van der Waals surface area contributed by atoms with Gasteiger partial charge in [0.15, 0.2) is 5.82 Å². The zero-order chi connectivity index (χ0) is 22.8. The van der Waals surface area contributed by atoms with Gasteiger partial charge in [-0.05, 0) is 43.5 Å². The fourth-order valence-electron chi connectivity index (χ4n) is 4.49. The molecular formula is C24H27N5O3S. The van der Waals surface area contributed by atoms with E-state index >= 15 is 0 Å². The molecule has 3 aromatic rings. The second-order valence-electron chi connectivity index (χ2n) is 8.35. The van der Waals surface area contributed by atoms with Crippen LogP contribution in [-0.4, -0.2) is 54.4 Å². The van der Waals surface area contributed by atoms with E-state index in [0.717, 1.165) is 48.6 Å². The number of hydrogen-bond acceptors (Lipinski definition) is 7. The molecule has 1 aromatic carbocycles. The molecule has 0 amide bonds.